The third kappa shape index (κ3) is 5.25. The van der Waals surface area contributed by atoms with Gasteiger partial charge in [0.25, 0.3) is 5.91 Å². The van der Waals surface area contributed by atoms with E-state index in [1.165, 1.54) is 11.8 Å². The number of rotatable bonds is 6. The number of amides is 1. The quantitative estimate of drug-likeness (QED) is 0.599. The Morgan fingerprint density at radius 2 is 1.92 bits per heavy atom. The highest BCUT2D eigenvalue weighted by atomic mass is 35.5. The standard InChI is InChI=1S/C18H18Cl2N2O2/c1-12(2)13-6-8-15(9-7-13)24-11-17(23)22-21-10-14-4-3-5-16(19)18(14)20/h3-10,12H,11H2,1-2H3,(H,22,23)/b21-10-. The summed E-state index contributed by atoms with van der Waals surface area (Å²) in [5, 5.41) is 4.66. The van der Waals surface area contributed by atoms with E-state index in [1.54, 1.807) is 18.2 Å². The Morgan fingerprint density at radius 3 is 2.58 bits per heavy atom. The second kappa shape index (κ2) is 8.71. The van der Waals surface area contributed by atoms with Gasteiger partial charge in [0.2, 0.25) is 0 Å². The topological polar surface area (TPSA) is 50.7 Å². The molecule has 0 spiro atoms. The largest absolute Gasteiger partial charge is 0.484 e. The van der Waals surface area contributed by atoms with E-state index in [1.807, 2.05) is 24.3 Å². The number of hydrogen-bond donors (Lipinski definition) is 1. The summed E-state index contributed by atoms with van der Waals surface area (Å²) in [5.74, 6) is 0.726. The fourth-order valence-corrected chi connectivity index (χ4v) is 2.28. The van der Waals surface area contributed by atoms with Crippen LogP contribution in [0.15, 0.2) is 47.6 Å². The fraction of sp³-hybridized carbons (Fsp3) is 0.222. The van der Waals surface area contributed by atoms with Crippen LogP contribution < -0.4 is 10.2 Å². The number of ether oxygens (including phenoxy) is 1. The van der Waals surface area contributed by atoms with Crippen molar-refractivity contribution in [3.63, 3.8) is 0 Å². The number of nitrogens with zero attached hydrogens (tertiary/aromatic N) is 1. The van der Waals surface area contributed by atoms with E-state index in [-0.39, 0.29) is 12.5 Å². The number of hydrogen-bond acceptors (Lipinski definition) is 3. The van der Waals surface area contributed by atoms with Crippen molar-refractivity contribution in [2.24, 2.45) is 5.10 Å². The number of carbonyl (C=O) groups is 1. The predicted molar refractivity (Wildman–Crippen MR) is 98.2 cm³/mol. The van der Waals surface area contributed by atoms with Crippen molar-refractivity contribution in [3.05, 3.63) is 63.6 Å². The predicted octanol–water partition coefficient (Wildman–Crippen LogP) is 4.65. The third-order valence-electron chi connectivity index (χ3n) is 3.29. The Morgan fingerprint density at radius 1 is 1.21 bits per heavy atom. The van der Waals surface area contributed by atoms with Gasteiger partial charge in [-0.3, -0.25) is 4.79 Å². The van der Waals surface area contributed by atoms with E-state index >= 15 is 0 Å². The van der Waals surface area contributed by atoms with Crippen LogP contribution in [0.2, 0.25) is 10.0 Å². The van der Waals surface area contributed by atoms with Gasteiger partial charge >= 0.3 is 0 Å². The molecule has 0 saturated carbocycles. The molecule has 0 saturated heterocycles. The number of carbonyl (C=O) groups excluding carboxylic acids is 1. The van der Waals surface area contributed by atoms with Crippen molar-refractivity contribution in [2.75, 3.05) is 6.61 Å². The van der Waals surface area contributed by atoms with E-state index in [4.69, 9.17) is 27.9 Å². The lowest BCUT2D eigenvalue weighted by Gasteiger charge is -2.08. The summed E-state index contributed by atoms with van der Waals surface area (Å²) in [4.78, 5) is 11.7. The third-order valence-corrected chi connectivity index (χ3v) is 4.12. The van der Waals surface area contributed by atoms with Crippen LogP contribution in [0.25, 0.3) is 0 Å². The number of hydrazone groups is 1. The molecular weight excluding hydrogens is 347 g/mol. The highest BCUT2D eigenvalue weighted by Crippen LogP contribution is 2.24. The van der Waals surface area contributed by atoms with Gasteiger partial charge in [-0.25, -0.2) is 5.43 Å². The van der Waals surface area contributed by atoms with Crippen LogP contribution in [0, 0.1) is 0 Å². The Labute approximate surface area is 151 Å². The first-order chi connectivity index (χ1) is 11.5. The van der Waals surface area contributed by atoms with Crippen LogP contribution in [0.3, 0.4) is 0 Å². The second-order valence-electron chi connectivity index (χ2n) is 5.45. The van der Waals surface area contributed by atoms with Crippen molar-refractivity contribution in [1.29, 1.82) is 0 Å². The second-order valence-corrected chi connectivity index (χ2v) is 6.23. The van der Waals surface area contributed by atoms with E-state index in [0.29, 0.717) is 27.3 Å². The molecule has 6 heteroatoms. The SMILES string of the molecule is CC(C)c1ccc(OCC(=O)N/N=C\c2cccc(Cl)c2Cl)cc1. The van der Waals surface area contributed by atoms with Crippen molar-refractivity contribution in [3.8, 4) is 5.75 Å². The van der Waals surface area contributed by atoms with Gasteiger partial charge in [-0.1, -0.05) is 61.3 Å². The van der Waals surface area contributed by atoms with Gasteiger partial charge in [0.05, 0.1) is 16.3 Å². The molecule has 0 aliphatic heterocycles. The molecule has 126 valence electrons. The molecule has 0 aromatic heterocycles. The smallest absolute Gasteiger partial charge is 0.277 e. The Hall–Kier alpha value is -2.04. The minimum absolute atomic E-state index is 0.123. The van der Waals surface area contributed by atoms with Crippen molar-refractivity contribution in [1.82, 2.24) is 5.43 Å². The molecule has 0 bridgehead atoms. The van der Waals surface area contributed by atoms with E-state index < -0.39 is 0 Å². The van der Waals surface area contributed by atoms with Gasteiger partial charge in [-0.05, 0) is 29.7 Å². The molecule has 1 N–H and O–H groups in total. The highest BCUT2D eigenvalue weighted by molar-refractivity contribution is 6.43. The maximum absolute atomic E-state index is 11.7. The van der Waals surface area contributed by atoms with Gasteiger partial charge in [-0.15, -0.1) is 0 Å². The molecule has 0 aliphatic rings. The first-order valence-corrected chi connectivity index (χ1v) is 8.21. The highest BCUT2D eigenvalue weighted by Gasteiger charge is 2.04. The molecule has 2 aromatic rings. The van der Waals surface area contributed by atoms with Crippen LogP contribution in [0.1, 0.15) is 30.9 Å². The van der Waals surface area contributed by atoms with Gasteiger partial charge < -0.3 is 4.74 Å². The lowest BCUT2D eigenvalue weighted by atomic mass is 10.0. The molecule has 0 radical (unpaired) electrons. The Kier molecular flexibility index (Phi) is 6.64. The van der Waals surface area contributed by atoms with Crippen molar-refractivity contribution < 1.29 is 9.53 Å². The van der Waals surface area contributed by atoms with Crippen LogP contribution in [-0.2, 0) is 4.79 Å². The van der Waals surface area contributed by atoms with Crippen LogP contribution in [0.5, 0.6) is 5.75 Å². The summed E-state index contributed by atoms with van der Waals surface area (Å²) < 4.78 is 5.42. The molecular formula is C18H18Cl2N2O2. The summed E-state index contributed by atoms with van der Waals surface area (Å²) in [6.07, 6.45) is 1.43. The Balaban J connectivity index is 1.83. The molecule has 0 aliphatic carbocycles. The molecule has 0 heterocycles. The van der Waals surface area contributed by atoms with Crippen LogP contribution in [-0.4, -0.2) is 18.7 Å². The zero-order chi connectivity index (χ0) is 17.5. The van der Waals surface area contributed by atoms with Gasteiger partial charge in [0.1, 0.15) is 5.75 Å². The zero-order valence-corrected chi connectivity index (χ0v) is 14.9. The summed E-state index contributed by atoms with van der Waals surface area (Å²) >= 11 is 11.9. The molecule has 0 atom stereocenters. The average Bonchev–Trinajstić information content (AvgIpc) is 2.57. The molecule has 0 unspecified atom stereocenters. The zero-order valence-electron chi connectivity index (χ0n) is 13.4. The molecule has 2 rings (SSSR count). The lowest BCUT2D eigenvalue weighted by molar-refractivity contribution is -0.123. The lowest BCUT2D eigenvalue weighted by Crippen LogP contribution is -2.24. The number of benzene rings is 2. The van der Waals surface area contributed by atoms with Gasteiger partial charge in [0.15, 0.2) is 6.61 Å². The van der Waals surface area contributed by atoms with Crippen LogP contribution >= 0.6 is 23.2 Å². The minimum Gasteiger partial charge on any atom is -0.484 e. The minimum atomic E-state index is -0.364. The van der Waals surface area contributed by atoms with E-state index in [2.05, 4.69) is 24.4 Å². The first kappa shape index (κ1) is 18.3. The van der Waals surface area contributed by atoms with Gasteiger partial charge in [0, 0.05) is 5.56 Å². The number of halogens is 2. The maximum atomic E-state index is 11.7. The fourth-order valence-electron chi connectivity index (χ4n) is 1.92. The molecule has 2 aromatic carbocycles. The average molecular weight is 365 g/mol. The van der Waals surface area contributed by atoms with Crippen molar-refractivity contribution in [2.45, 2.75) is 19.8 Å². The van der Waals surface area contributed by atoms with Gasteiger partial charge in [-0.2, -0.15) is 5.10 Å². The summed E-state index contributed by atoms with van der Waals surface area (Å²) in [5.41, 5.74) is 4.22. The Bertz CT molecular complexity index is 728. The van der Waals surface area contributed by atoms with E-state index in [0.717, 1.165) is 0 Å². The summed E-state index contributed by atoms with van der Waals surface area (Å²) in [7, 11) is 0. The monoisotopic (exact) mass is 364 g/mol. The number of nitrogens with one attached hydrogen (secondary N) is 1. The summed E-state index contributed by atoms with van der Waals surface area (Å²) in [6, 6.07) is 12.8. The molecule has 4 nitrogen and oxygen atoms in total. The normalized spacial score (nSPS) is 11.0. The maximum Gasteiger partial charge on any atom is 0.277 e. The molecule has 1 amide bonds. The molecule has 24 heavy (non-hydrogen) atoms. The molecule has 0 fully saturated rings. The van der Waals surface area contributed by atoms with Crippen LogP contribution in [0.4, 0.5) is 0 Å². The van der Waals surface area contributed by atoms with Crippen molar-refractivity contribution >= 4 is 35.3 Å². The van der Waals surface area contributed by atoms with E-state index in [9.17, 15) is 4.79 Å². The first-order valence-electron chi connectivity index (χ1n) is 7.46. The summed E-state index contributed by atoms with van der Waals surface area (Å²) in [6.45, 7) is 4.11.